The molecule has 2 aromatic rings. The molecule has 6 heteroatoms. The Morgan fingerprint density at radius 3 is 2.58 bits per heavy atom. The topological polar surface area (TPSA) is 66.8 Å². The second kappa shape index (κ2) is 5.79. The molecule has 1 heterocycles. The van der Waals surface area contributed by atoms with Gasteiger partial charge in [-0.25, -0.2) is 8.42 Å². The fraction of sp³-hybridized carbons (Fsp3) is 0.333. The number of fused-ring (bicyclic) bond motifs is 1. The molecule has 1 aliphatic heterocycles. The second-order valence-corrected chi connectivity index (χ2v) is 8.08. The smallest absolute Gasteiger partial charge is 0.264 e. The van der Waals surface area contributed by atoms with Gasteiger partial charge in [0.1, 0.15) is 5.75 Å². The van der Waals surface area contributed by atoms with Crippen LogP contribution in [0, 0.1) is 6.92 Å². The molecule has 0 fully saturated rings. The Morgan fingerprint density at radius 1 is 1.21 bits per heavy atom. The Hall–Kier alpha value is -2.05. The normalized spacial score (nSPS) is 20.6. The number of sulfonamides is 1. The zero-order valence-electron chi connectivity index (χ0n) is 14.0. The fourth-order valence-electron chi connectivity index (χ4n) is 3.13. The third kappa shape index (κ3) is 2.65. The average molecular weight is 347 g/mol. The minimum absolute atomic E-state index is 0.234. The molecule has 0 radical (unpaired) electrons. The van der Waals surface area contributed by atoms with Gasteiger partial charge in [-0.3, -0.25) is 4.31 Å². The quantitative estimate of drug-likeness (QED) is 0.927. The Bertz CT molecular complexity index is 874. The standard InChI is InChI=1S/C18H21NO4S/c1-13-12-14(23-3)8-9-17(13)24(21,22)19-11-10-18(2,20)15-6-4-5-7-16(15)19/h4-9,12,20H,10-11H2,1-3H3. The van der Waals surface area contributed by atoms with Gasteiger partial charge in [-0.15, -0.1) is 0 Å². The van der Waals surface area contributed by atoms with Gasteiger partial charge in [-0.2, -0.15) is 0 Å². The highest BCUT2D eigenvalue weighted by atomic mass is 32.2. The number of anilines is 1. The molecule has 0 amide bonds. The minimum Gasteiger partial charge on any atom is -0.497 e. The number of aryl methyl sites for hydroxylation is 1. The lowest BCUT2D eigenvalue weighted by molar-refractivity contribution is 0.0472. The predicted molar refractivity (Wildman–Crippen MR) is 92.9 cm³/mol. The van der Waals surface area contributed by atoms with E-state index >= 15 is 0 Å². The SMILES string of the molecule is COc1ccc(S(=O)(=O)N2CCC(C)(O)c3ccccc32)c(C)c1. The van der Waals surface area contributed by atoms with Crippen molar-refractivity contribution in [2.45, 2.75) is 30.8 Å². The van der Waals surface area contributed by atoms with Crippen LogP contribution in [0.3, 0.4) is 0 Å². The van der Waals surface area contributed by atoms with Crippen molar-refractivity contribution in [3.05, 3.63) is 53.6 Å². The molecule has 0 spiro atoms. The van der Waals surface area contributed by atoms with Gasteiger partial charge in [0.15, 0.2) is 0 Å². The first-order valence-electron chi connectivity index (χ1n) is 7.76. The van der Waals surface area contributed by atoms with Crippen LogP contribution in [0.2, 0.25) is 0 Å². The maximum absolute atomic E-state index is 13.2. The summed E-state index contributed by atoms with van der Waals surface area (Å²) in [5.41, 5.74) is 0.761. The van der Waals surface area contributed by atoms with E-state index in [4.69, 9.17) is 4.74 Å². The molecule has 1 aliphatic rings. The van der Waals surface area contributed by atoms with E-state index in [0.717, 1.165) is 0 Å². The largest absolute Gasteiger partial charge is 0.497 e. The van der Waals surface area contributed by atoms with Crippen LogP contribution in [-0.2, 0) is 15.6 Å². The highest BCUT2D eigenvalue weighted by Gasteiger charge is 2.38. The van der Waals surface area contributed by atoms with Gasteiger partial charge in [0.05, 0.1) is 23.3 Å². The number of para-hydroxylation sites is 1. The van der Waals surface area contributed by atoms with Crippen molar-refractivity contribution in [3.8, 4) is 5.75 Å². The summed E-state index contributed by atoms with van der Waals surface area (Å²) in [6.07, 6.45) is 0.346. The Morgan fingerprint density at radius 2 is 1.92 bits per heavy atom. The van der Waals surface area contributed by atoms with E-state index in [1.807, 2.05) is 6.07 Å². The van der Waals surface area contributed by atoms with Crippen molar-refractivity contribution >= 4 is 15.7 Å². The molecule has 3 rings (SSSR count). The number of nitrogens with zero attached hydrogens (tertiary/aromatic N) is 1. The summed E-state index contributed by atoms with van der Waals surface area (Å²) in [7, 11) is -2.17. The monoisotopic (exact) mass is 347 g/mol. The van der Waals surface area contributed by atoms with E-state index in [9.17, 15) is 13.5 Å². The lowest BCUT2D eigenvalue weighted by atomic mass is 9.88. The molecule has 24 heavy (non-hydrogen) atoms. The molecule has 128 valence electrons. The molecule has 0 aromatic heterocycles. The molecule has 0 saturated heterocycles. The third-order valence-corrected chi connectivity index (χ3v) is 6.48. The van der Waals surface area contributed by atoms with Gasteiger partial charge in [0.2, 0.25) is 0 Å². The maximum Gasteiger partial charge on any atom is 0.264 e. The first-order chi connectivity index (χ1) is 11.3. The molecular formula is C18H21NO4S. The lowest BCUT2D eigenvalue weighted by Gasteiger charge is -2.38. The van der Waals surface area contributed by atoms with Gasteiger partial charge >= 0.3 is 0 Å². The fourth-order valence-corrected chi connectivity index (χ4v) is 4.82. The number of hydrogen-bond acceptors (Lipinski definition) is 4. The van der Waals surface area contributed by atoms with E-state index in [1.165, 1.54) is 4.31 Å². The molecule has 0 aliphatic carbocycles. The van der Waals surface area contributed by atoms with Crippen LogP contribution >= 0.6 is 0 Å². The minimum atomic E-state index is -3.71. The highest BCUT2D eigenvalue weighted by Crippen LogP contribution is 2.40. The number of benzene rings is 2. The Kier molecular flexibility index (Phi) is 4.05. The summed E-state index contributed by atoms with van der Waals surface area (Å²) < 4.78 is 32.9. The van der Waals surface area contributed by atoms with Crippen molar-refractivity contribution in [1.82, 2.24) is 0 Å². The molecule has 1 atom stereocenters. The van der Waals surface area contributed by atoms with Crippen LogP contribution in [-0.4, -0.2) is 27.2 Å². The molecular weight excluding hydrogens is 326 g/mol. The molecule has 0 bridgehead atoms. The molecule has 1 N–H and O–H groups in total. The number of hydrogen-bond donors (Lipinski definition) is 1. The lowest BCUT2D eigenvalue weighted by Crippen LogP contribution is -2.42. The third-order valence-electron chi connectivity index (χ3n) is 4.50. The van der Waals surface area contributed by atoms with Crippen molar-refractivity contribution in [3.63, 3.8) is 0 Å². The zero-order valence-corrected chi connectivity index (χ0v) is 14.8. The summed E-state index contributed by atoms with van der Waals surface area (Å²) in [6, 6.07) is 12.0. The predicted octanol–water partition coefficient (Wildman–Crippen LogP) is 2.81. The van der Waals surface area contributed by atoms with Crippen LogP contribution in [0.4, 0.5) is 5.69 Å². The zero-order chi connectivity index (χ0) is 17.5. The van der Waals surface area contributed by atoms with Crippen LogP contribution in [0.5, 0.6) is 5.75 Å². The van der Waals surface area contributed by atoms with Gasteiger partial charge in [-0.1, -0.05) is 18.2 Å². The van der Waals surface area contributed by atoms with Gasteiger partial charge in [0, 0.05) is 12.1 Å². The molecule has 1 unspecified atom stereocenters. The van der Waals surface area contributed by atoms with Crippen LogP contribution in [0.15, 0.2) is 47.4 Å². The van der Waals surface area contributed by atoms with Crippen LogP contribution in [0.25, 0.3) is 0 Å². The maximum atomic E-state index is 13.2. The van der Waals surface area contributed by atoms with Gasteiger partial charge in [-0.05, 0) is 50.1 Å². The Balaban J connectivity index is 2.12. The summed E-state index contributed by atoms with van der Waals surface area (Å²) >= 11 is 0. The Labute approximate surface area is 142 Å². The second-order valence-electron chi connectivity index (χ2n) is 6.25. The van der Waals surface area contributed by atoms with Crippen LogP contribution < -0.4 is 9.04 Å². The summed E-state index contributed by atoms with van der Waals surface area (Å²) in [6.45, 7) is 3.70. The molecule has 2 aromatic carbocycles. The van der Waals surface area contributed by atoms with Crippen LogP contribution in [0.1, 0.15) is 24.5 Å². The van der Waals surface area contributed by atoms with Crippen molar-refractivity contribution < 1.29 is 18.3 Å². The summed E-state index contributed by atoms with van der Waals surface area (Å²) in [5, 5.41) is 10.6. The number of ether oxygens (including phenoxy) is 1. The highest BCUT2D eigenvalue weighted by molar-refractivity contribution is 7.92. The summed E-state index contributed by atoms with van der Waals surface area (Å²) in [4.78, 5) is 0.250. The van der Waals surface area contributed by atoms with Crippen molar-refractivity contribution in [2.75, 3.05) is 18.0 Å². The number of methoxy groups -OCH3 is 1. The summed E-state index contributed by atoms with van der Waals surface area (Å²) in [5.74, 6) is 0.619. The van der Waals surface area contributed by atoms with Crippen molar-refractivity contribution in [1.29, 1.82) is 0 Å². The first kappa shape index (κ1) is 16.8. The van der Waals surface area contributed by atoms with E-state index in [2.05, 4.69) is 0 Å². The first-order valence-corrected chi connectivity index (χ1v) is 9.20. The van der Waals surface area contributed by atoms with Gasteiger partial charge in [0.25, 0.3) is 10.0 Å². The van der Waals surface area contributed by atoms with E-state index in [1.54, 1.807) is 57.4 Å². The molecule has 0 saturated carbocycles. The van der Waals surface area contributed by atoms with Gasteiger partial charge < -0.3 is 9.84 Å². The number of rotatable bonds is 3. The average Bonchev–Trinajstić information content (AvgIpc) is 2.54. The van der Waals surface area contributed by atoms with E-state index in [-0.39, 0.29) is 11.4 Å². The van der Waals surface area contributed by atoms with E-state index < -0.39 is 15.6 Å². The number of aliphatic hydroxyl groups is 1. The molecule has 5 nitrogen and oxygen atoms in total. The van der Waals surface area contributed by atoms with E-state index in [0.29, 0.717) is 29.0 Å². The van der Waals surface area contributed by atoms with Crippen molar-refractivity contribution in [2.24, 2.45) is 0 Å².